The standard InChI is InChI=1S/C19H15ClO3/c1-23-17-5-3-2-4-15(17)18(14-10-11-16(14)21)19(22)12-6-8-13(20)9-7-12/h2-9H,10-11H2,1H3/b18-14-. The average molecular weight is 327 g/mol. The molecule has 3 nitrogen and oxygen atoms in total. The second-order valence-corrected chi connectivity index (χ2v) is 5.75. The van der Waals surface area contributed by atoms with E-state index in [4.69, 9.17) is 16.3 Å². The molecule has 0 radical (unpaired) electrons. The molecule has 23 heavy (non-hydrogen) atoms. The van der Waals surface area contributed by atoms with Crippen molar-refractivity contribution in [3.8, 4) is 5.75 Å². The quantitative estimate of drug-likeness (QED) is 0.619. The largest absolute Gasteiger partial charge is 0.496 e. The van der Waals surface area contributed by atoms with Crippen LogP contribution >= 0.6 is 11.6 Å². The van der Waals surface area contributed by atoms with Crippen molar-refractivity contribution in [3.05, 3.63) is 70.3 Å². The molecular formula is C19H15ClO3. The number of benzene rings is 2. The number of ether oxygens (including phenoxy) is 1. The van der Waals surface area contributed by atoms with Crippen LogP contribution in [0.25, 0.3) is 5.57 Å². The smallest absolute Gasteiger partial charge is 0.194 e. The lowest BCUT2D eigenvalue weighted by Gasteiger charge is -2.21. The molecule has 0 aliphatic heterocycles. The number of Topliss-reactive ketones (excluding diaryl/α,β-unsaturated/α-hetero) is 2. The summed E-state index contributed by atoms with van der Waals surface area (Å²) in [6.07, 6.45) is 1.10. The molecule has 0 aromatic heterocycles. The Balaban J connectivity index is 2.14. The van der Waals surface area contributed by atoms with Gasteiger partial charge in [-0.05, 0) is 36.8 Å². The molecule has 0 heterocycles. The fourth-order valence-electron chi connectivity index (χ4n) is 2.64. The van der Waals surface area contributed by atoms with Crippen LogP contribution in [0.15, 0.2) is 54.1 Å². The van der Waals surface area contributed by atoms with Gasteiger partial charge in [-0.1, -0.05) is 29.8 Å². The number of carbonyl (C=O) groups excluding carboxylic acids is 2. The zero-order valence-electron chi connectivity index (χ0n) is 12.6. The Labute approximate surface area is 139 Å². The van der Waals surface area contributed by atoms with Crippen molar-refractivity contribution in [2.45, 2.75) is 12.8 Å². The molecule has 2 aromatic rings. The summed E-state index contributed by atoms with van der Waals surface area (Å²) in [7, 11) is 1.55. The highest BCUT2D eigenvalue weighted by atomic mass is 35.5. The normalized spacial score (nSPS) is 15.8. The highest BCUT2D eigenvalue weighted by Gasteiger charge is 2.30. The van der Waals surface area contributed by atoms with Gasteiger partial charge in [0.2, 0.25) is 0 Å². The van der Waals surface area contributed by atoms with E-state index in [0.29, 0.717) is 45.9 Å². The van der Waals surface area contributed by atoms with Gasteiger partial charge in [0.25, 0.3) is 0 Å². The van der Waals surface area contributed by atoms with E-state index in [0.717, 1.165) is 0 Å². The van der Waals surface area contributed by atoms with Crippen LogP contribution in [-0.2, 0) is 4.79 Å². The molecule has 4 heteroatoms. The summed E-state index contributed by atoms with van der Waals surface area (Å²) < 4.78 is 5.37. The molecule has 0 spiro atoms. The molecule has 1 fully saturated rings. The molecule has 116 valence electrons. The molecule has 1 saturated carbocycles. The van der Waals surface area contributed by atoms with E-state index >= 15 is 0 Å². The van der Waals surface area contributed by atoms with Crippen molar-refractivity contribution >= 4 is 28.7 Å². The van der Waals surface area contributed by atoms with E-state index < -0.39 is 0 Å². The van der Waals surface area contributed by atoms with Gasteiger partial charge < -0.3 is 4.74 Å². The molecule has 0 N–H and O–H groups in total. The van der Waals surface area contributed by atoms with Gasteiger partial charge in [0.1, 0.15) is 5.75 Å². The molecule has 0 atom stereocenters. The minimum Gasteiger partial charge on any atom is -0.496 e. The van der Waals surface area contributed by atoms with E-state index in [-0.39, 0.29) is 11.6 Å². The molecule has 0 unspecified atom stereocenters. The van der Waals surface area contributed by atoms with Crippen LogP contribution in [0.5, 0.6) is 5.75 Å². The van der Waals surface area contributed by atoms with Crippen LogP contribution in [0.4, 0.5) is 0 Å². The summed E-state index contributed by atoms with van der Waals surface area (Å²) in [5, 5.41) is 0.563. The number of methoxy groups -OCH3 is 1. The third-order valence-electron chi connectivity index (χ3n) is 3.95. The summed E-state index contributed by atoms with van der Waals surface area (Å²) in [5.41, 5.74) is 2.16. The maximum absolute atomic E-state index is 13.0. The lowest BCUT2D eigenvalue weighted by atomic mass is 9.81. The van der Waals surface area contributed by atoms with Crippen molar-refractivity contribution in [2.75, 3.05) is 7.11 Å². The van der Waals surface area contributed by atoms with Crippen molar-refractivity contribution in [3.63, 3.8) is 0 Å². The summed E-state index contributed by atoms with van der Waals surface area (Å²) in [4.78, 5) is 25.0. The Morgan fingerprint density at radius 3 is 2.30 bits per heavy atom. The third-order valence-corrected chi connectivity index (χ3v) is 4.20. The first-order valence-electron chi connectivity index (χ1n) is 7.32. The van der Waals surface area contributed by atoms with E-state index in [2.05, 4.69) is 0 Å². The topological polar surface area (TPSA) is 43.4 Å². The summed E-state index contributed by atoms with van der Waals surface area (Å²) in [5.74, 6) is 0.416. The first-order chi connectivity index (χ1) is 11.1. The first kappa shape index (κ1) is 15.5. The van der Waals surface area contributed by atoms with Crippen LogP contribution in [0, 0.1) is 0 Å². The van der Waals surface area contributed by atoms with Crippen molar-refractivity contribution < 1.29 is 14.3 Å². The van der Waals surface area contributed by atoms with Gasteiger partial charge in [0.15, 0.2) is 11.6 Å². The van der Waals surface area contributed by atoms with Crippen molar-refractivity contribution in [2.24, 2.45) is 0 Å². The SMILES string of the molecule is COc1ccccc1/C(C(=O)c1ccc(Cl)cc1)=C1\CCC1=O. The molecule has 1 aliphatic rings. The van der Waals surface area contributed by atoms with Crippen LogP contribution in [0.3, 0.4) is 0 Å². The summed E-state index contributed by atoms with van der Waals surface area (Å²) >= 11 is 5.89. The molecule has 0 bridgehead atoms. The minimum atomic E-state index is -0.186. The van der Waals surface area contributed by atoms with Gasteiger partial charge in [-0.3, -0.25) is 9.59 Å². The Hall–Kier alpha value is -2.39. The van der Waals surface area contributed by atoms with Crippen LogP contribution in [-0.4, -0.2) is 18.7 Å². The highest BCUT2D eigenvalue weighted by molar-refractivity contribution is 6.35. The predicted octanol–water partition coefficient (Wildman–Crippen LogP) is 4.35. The Kier molecular flexibility index (Phi) is 4.30. The molecule has 3 rings (SSSR count). The van der Waals surface area contributed by atoms with Gasteiger partial charge in [0.05, 0.1) is 7.11 Å². The van der Waals surface area contributed by atoms with Gasteiger partial charge in [-0.15, -0.1) is 0 Å². The number of carbonyl (C=O) groups is 2. The maximum Gasteiger partial charge on any atom is 0.194 e. The predicted molar refractivity (Wildman–Crippen MR) is 89.9 cm³/mol. The number of para-hydroxylation sites is 1. The minimum absolute atomic E-state index is 0.0215. The van der Waals surface area contributed by atoms with Crippen molar-refractivity contribution in [1.82, 2.24) is 0 Å². The Morgan fingerprint density at radius 2 is 1.74 bits per heavy atom. The number of halogens is 1. The molecular weight excluding hydrogens is 312 g/mol. The monoisotopic (exact) mass is 326 g/mol. The number of hydrogen-bond donors (Lipinski definition) is 0. The number of allylic oxidation sites excluding steroid dienone is 2. The average Bonchev–Trinajstić information content (AvgIpc) is 2.58. The Morgan fingerprint density at radius 1 is 1.04 bits per heavy atom. The highest BCUT2D eigenvalue weighted by Crippen LogP contribution is 2.37. The number of ketones is 2. The molecule has 2 aromatic carbocycles. The maximum atomic E-state index is 13.0. The van der Waals surface area contributed by atoms with Crippen LogP contribution < -0.4 is 4.74 Å². The second-order valence-electron chi connectivity index (χ2n) is 5.31. The zero-order chi connectivity index (χ0) is 16.4. The molecule has 1 aliphatic carbocycles. The van der Waals surface area contributed by atoms with E-state index in [9.17, 15) is 9.59 Å². The van der Waals surface area contributed by atoms with Crippen molar-refractivity contribution in [1.29, 1.82) is 0 Å². The van der Waals surface area contributed by atoms with E-state index in [1.165, 1.54) is 0 Å². The van der Waals surface area contributed by atoms with E-state index in [1.54, 1.807) is 43.5 Å². The van der Waals surface area contributed by atoms with E-state index in [1.807, 2.05) is 12.1 Å². The molecule has 0 saturated heterocycles. The zero-order valence-corrected chi connectivity index (χ0v) is 13.4. The van der Waals surface area contributed by atoms with Gasteiger partial charge >= 0.3 is 0 Å². The summed E-state index contributed by atoms with van der Waals surface area (Å²) in [6.45, 7) is 0. The lowest BCUT2D eigenvalue weighted by molar-refractivity contribution is -0.118. The number of rotatable bonds is 4. The fraction of sp³-hybridized carbons (Fsp3) is 0.158. The fourth-order valence-corrected chi connectivity index (χ4v) is 2.76. The Bertz CT molecular complexity index is 804. The van der Waals surface area contributed by atoms with Gasteiger partial charge in [-0.25, -0.2) is 0 Å². The second kappa shape index (κ2) is 6.39. The lowest BCUT2D eigenvalue weighted by Crippen LogP contribution is -2.20. The van der Waals surface area contributed by atoms with Gasteiger partial charge in [-0.2, -0.15) is 0 Å². The van der Waals surface area contributed by atoms with Crippen LogP contribution in [0.1, 0.15) is 28.8 Å². The third kappa shape index (κ3) is 2.92. The first-order valence-corrected chi connectivity index (χ1v) is 7.69. The number of hydrogen-bond acceptors (Lipinski definition) is 3. The van der Waals surface area contributed by atoms with Gasteiger partial charge in [0, 0.05) is 33.7 Å². The van der Waals surface area contributed by atoms with Crippen LogP contribution in [0.2, 0.25) is 5.02 Å². The molecule has 0 amide bonds. The summed E-state index contributed by atoms with van der Waals surface area (Å²) in [6, 6.07) is 13.9.